The SMILES string of the molecule is O=C(CCCc1c[nH]c2ccccc12)N1CCCC(c2nnc3n2CCCCC3)C1. The summed E-state index contributed by atoms with van der Waals surface area (Å²) in [7, 11) is 0. The Morgan fingerprint density at radius 1 is 1.10 bits per heavy atom. The van der Waals surface area contributed by atoms with Gasteiger partial charge in [0, 0.05) is 55.5 Å². The number of nitrogens with one attached hydrogen (secondary N) is 1. The van der Waals surface area contributed by atoms with Gasteiger partial charge in [-0.05, 0) is 50.2 Å². The Bertz CT molecular complexity index is 1020. The Kier molecular flexibility index (Phi) is 5.56. The van der Waals surface area contributed by atoms with Gasteiger partial charge in [-0.15, -0.1) is 10.2 Å². The van der Waals surface area contributed by atoms with Gasteiger partial charge in [0.25, 0.3) is 0 Å². The van der Waals surface area contributed by atoms with Crippen LogP contribution in [0.25, 0.3) is 10.9 Å². The number of hydrogen-bond donors (Lipinski definition) is 1. The van der Waals surface area contributed by atoms with Crippen LogP contribution in [0.2, 0.25) is 0 Å². The molecule has 6 heteroatoms. The number of aromatic amines is 1. The molecule has 4 heterocycles. The van der Waals surface area contributed by atoms with E-state index in [9.17, 15) is 4.79 Å². The van der Waals surface area contributed by atoms with Crippen LogP contribution in [0.15, 0.2) is 30.5 Å². The molecular formula is C24H31N5O. The minimum atomic E-state index is 0.287. The predicted molar refractivity (Wildman–Crippen MR) is 117 cm³/mol. The van der Waals surface area contributed by atoms with E-state index in [4.69, 9.17) is 0 Å². The van der Waals surface area contributed by atoms with E-state index in [1.807, 2.05) is 6.07 Å². The Morgan fingerprint density at radius 3 is 3.00 bits per heavy atom. The minimum absolute atomic E-state index is 0.287. The van der Waals surface area contributed by atoms with Crippen molar-refractivity contribution < 1.29 is 4.79 Å². The number of H-pyrrole nitrogens is 1. The average Bonchev–Trinajstić information content (AvgIpc) is 3.31. The maximum atomic E-state index is 12.9. The lowest BCUT2D eigenvalue weighted by Crippen LogP contribution is -2.39. The summed E-state index contributed by atoms with van der Waals surface area (Å²) in [5.41, 5.74) is 2.48. The van der Waals surface area contributed by atoms with Crippen LogP contribution in [-0.4, -0.2) is 43.6 Å². The number of carbonyl (C=O) groups is 1. The van der Waals surface area contributed by atoms with Gasteiger partial charge in [-0.3, -0.25) is 4.79 Å². The van der Waals surface area contributed by atoms with E-state index >= 15 is 0 Å². The van der Waals surface area contributed by atoms with Gasteiger partial charge >= 0.3 is 0 Å². The summed E-state index contributed by atoms with van der Waals surface area (Å²) in [4.78, 5) is 18.3. The summed E-state index contributed by atoms with van der Waals surface area (Å²) in [6, 6.07) is 8.37. The molecule has 1 saturated heterocycles. The molecule has 0 spiro atoms. The first-order valence-corrected chi connectivity index (χ1v) is 11.5. The highest BCUT2D eigenvalue weighted by molar-refractivity contribution is 5.83. The second kappa shape index (κ2) is 8.62. The van der Waals surface area contributed by atoms with E-state index in [1.54, 1.807) is 0 Å². The fourth-order valence-electron chi connectivity index (χ4n) is 5.15. The molecule has 1 N–H and O–H groups in total. The highest BCUT2D eigenvalue weighted by atomic mass is 16.2. The molecule has 0 aliphatic carbocycles. The fourth-order valence-corrected chi connectivity index (χ4v) is 5.15. The van der Waals surface area contributed by atoms with Gasteiger partial charge in [0.2, 0.25) is 5.91 Å². The quantitative estimate of drug-likeness (QED) is 0.691. The zero-order valence-corrected chi connectivity index (χ0v) is 17.6. The maximum absolute atomic E-state index is 12.9. The molecule has 1 fully saturated rings. The molecule has 2 aliphatic heterocycles. The maximum Gasteiger partial charge on any atom is 0.222 e. The summed E-state index contributed by atoms with van der Waals surface area (Å²) < 4.78 is 2.35. The number of hydrogen-bond acceptors (Lipinski definition) is 3. The molecule has 1 aromatic carbocycles. The van der Waals surface area contributed by atoms with Crippen molar-refractivity contribution in [2.75, 3.05) is 13.1 Å². The van der Waals surface area contributed by atoms with Crippen LogP contribution in [0.3, 0.4) is 0 Å². The third-order valence-corrected chi connectivity index (χ3v) is 6.79. The number of piperidine rings is 1. The summed E-state index contributed by atoms with van der Waals surface area (Å²) in [5, 5.41) is 10.3. The van der Waals surface area contributed by atoms with Crippen LogP contribution in [0.5, 0.6) is 0 Å². The summed E-state index contributed by atoms with van der Waals surface area (Å²) in [6.07, 6.45) is 11.4. The van der Waals surface area contributed by atoms with Crippen molar-refractivity contribution in [3.63, 3.8) is 0 Å². The van der Waals surface area contributed by atoms with E-state index in [1.165, 1.54) is 35.7 Å². The number of fused-ring (bicyclic) bond motifs is 2. The topological polar surface area (TPSA) is 66.8 Å². The molecule has 1 atom stereocenters. The number of rotatable bonds is 5. The molecule has 1 amide bonds. The van der Waals surface area contributed by atoms with Gasteiger partial charge in [-0.2, -0.15) is 0 Å². The third kappa shape index (κ3) is 3.87. The number of aromatic nitrogens is 4. The Labute approximate surface area is 177 Å². The number of amides is 1. The van der Waals surface area contributed by atoms with Gasteiger partial charge in [-0.1, -0.05) is 24.6 Å². The van der Waals surface area contributed by atoms with E-state index in [0.29, 0.717) is 12.3 Å². The van der Waals surface area contributed by atoms with E-state index in [-0.39, 0.29) is 5.91 Å². The first-order chi connectivity index (χ1) is 14.8. The smallest absolute Gasteiger partial charge is 0.222 e. The fraction of sp³-hybridized carbons (Fsp3) is 0.542. The molecule has 5 rings (SSSR count). The van der Waals surface area contributed by atoms with Crippen LogP contribution in [0.1, 0.15) is 68.1 Å². The first-order valence-electron chi connectivity index (χ1n) is 11.5. The van der Waals surface area contributed by atoms with Gasteiger partial charge in [0.05, 0.1) is 0 Å². The summed E-state index contributed by atoms with van der Waals surface area (Å²) >= 11 is 0. The highest BCUT2D eigenvalue weighted by Gasteiger charge is 2.29. The van der Waals surface area contributed by atoms with E-state index < -0.39 is 0 Å². The normalized spacial score (nSPS) is 19.6. The van der Waals surface area contributed by atoms with Crippen LogP contribution >= 0.6 is 0 Å². The van der Waals surface area contributed by atoms with Crippen molar-refractivity contribution >= 4 is 16.8 Å². The molecule has 1 unspecified atom stereocenters. The lowest BCUT2D eigenvalue weighted by Gasteiger charge is -2.32. The van der Waals surface area contributed by atoms with Crippen LogP contribution in [0.4, 0.5) is 0 Å². The largest absolute Gasteiger partial charge is 0.361 e. The molecule has 0 saturated carbocycles. The summed E-state index contributed by atoms with van der Waals surface area (Å²) in [5.74, 6) is 2.87. The number of nitrogens with zero attached hydrogens (tertiary/aromatic N) is 4. The molecule has 0 bridgehead atoms. The van der Waals surface area contributed by atoms with Gasteiger partial charge in [0.1, 0.15) is 11.6 Å². The Morgan fingerprint density at radius 2 is 2.03 bits per heavy atom. The van der Waals surface area contributed by atoms with E-state index in [0.717, 1.165) is 63.4 Å². The van der Waals surface area contributed by atoms with Crippen molar-refractivity contribution in [1.29, 1.82) is 0 Å². The number of carbonyl (C=O) groups excluding carboxylic acids is 1. The van der Waals surface area contributed by atoms with Gasteiger partial charge < -0.3 is 14.5 Å². The van der Waals surface area contributed by atoms with Crippen LogP contribution in [-0.2, 0) is 24.2 Å². The zero-order chi connectivity index (χ0) is 20.3. The third-order valence-electron chi connectivity index (χ3n) is 6.79. The molecule has 30 heavy (non-hydrogen) atoms. The Balaban J connectivity index is 1.19. The molecule has 158 valence electrons. The number of likely N-dealkylation sites (tertiary alicyclic amines) is 1. The zero-order valence-electron chi connectivity index (χ0n) is 17.6. The Hall–Kier alpha value is -2.63. The monoisotopic (exact) mass is 405 g/mol. The van der Waals surface area contributed by atoms with Gasteiger partial charge in [0.15, 0.2) is 0 Å². The van der Waals surface area contributed by atoms with Gasteiger partial charge in [-0.25, -0.2) is 0 Å². The van der Waals surface area contributed by atoms with Crippen molar-refractivity contribution in [2.24, 2.45) is 0 Å². The van der Waals surface area contributed by atoms with Crippen molar-refractivity contribution in [3.05, 3.63) is 47.7 Å². The number of benzene rings is 1. The second-order valence-electron chi connectivity index (χ2n) is 8.83. The number of aryl methyl sites for hydroxylation is 2. The predicted octanol–water partition coefficient (Wildman–Crippen LogP) is 4.21. The molecular weight excluding hydrogens is 374 g/mol. The van der Waals surface area contributed by atoms with E-state index in [2.05, 4.69) is 49.0 Å². The van der Waals surface area contributed by atoms with Crippen molar-refractivity contribution in [1.82, 2.24) is 24.6 Å². The minimum Gasteiger partial charge on any atom is -0.361 e. The standard InChI is InChI=1S/C24H31N5O/c30-23(13-6-8-18-16-25-21-11-4-3-10-20(18)21)28-14-7-9-19(17-28)24-27-26-22-12-2-1-5-15-29(22)24/h3-4,10-11,16,19,25H,1-2,5-9,12-15,17H2. The molecule has 3 aromatic rings. The lowest BCUT2D eigenvalue weighted by atomic mass is 9.96. The van der Waals surface area contributed by atoms with Crippen molar-refractivity contribution in [3.8, 4) is 0 Å². The molecule has 6 nitrogen and oxygen atoms in total. The van der Waals surface area contributed by atoms with Crippen LogP contribution in [0, 0.1) is 0 Å². The molecule has 0 radical (unpaired) electrons. The van der Waals surface area contributed by atoms with Crippen LogP contribution < -0.4 is 0 Å². The number of para-hydroxylation sites is 1. The average molecular weight is 406 g/mol. The van der Waals surface area contributed by atoms with Crippen molar-refractivity contribution in [2.45, 2.75) is 70.3 Å². The summed E-state index contributed by atoms with van der Waals surface area (Å²) in [6.45, 7) is 2.71. The highest BCUT2D eigenvalue weighted by Crippen LogP contribution is 2.28. The molecule has 2 aromatic heterocycles. The first kappa shape index (κ1) is 19.3. The molecule has 2 aliphatic rings. The lowest BCUT2D eigenvalue weighted by molar-refractivity contribution is -0.132. The second-order valence-corrected chi connectivity index (χ2v) is 8.83.